The van der Waals surface area contributed by atoms with Gasteiger partial charge in [0.25, 0.3) is 0 Å². The molecule has 1 N–H and O–H groups in total. The van der Waals surface area contributed by atoms with Crippen molar-refractivity contribution in [3.8, 4) is 0 Å². The normalized spacial score (nSPS) is 20.1. The van der Waals surface area contributed by atoms with E-state index >= 15 is 0 Å². The lowest BCUT2D eigenvalue weighted by Gasteiger charge is -2.42. The molecule has 0 radical (unpaired) electrons. The first-order valence-electron chi connectivity index (χ1n) is 8.24. The second kappa shape index (κ2) is 6.35. The van der Waals surface area contributed by atoms with E-state index in [0.717, 1.165) is 32.5 Å². The summed E-state index contributed by atoms with van der Waals surface area (Å²) in [5.41, 5.74) is 1.46. The Bertz CT molecular complexity index is 451. The van der Waals surface area contributed by atoms with Gasteiger partial charge in [0.2, 0.25) is 0 Å². The van der Waals surface area contributed by atoms with Crippen LogP contribution in [0.2, 0.25) is 0 Å². The zero-order valence-corrected chi connectivity index (χ0v) is 15.3. The second-order valence-corrected chi connectivity index (χ2v) is 8.39. The molecule has 21 heavy (non-hydrogen) atoms. The molecule has 0 aromatic carbocycles. The Morgan fingerprint density at radius 3 is 2.38 bits per heavy atom. The van der Waals surface area contributed by atoms with Crippen molar-refractivity contribution in [2.75, 3.05) is 19.6 Å². The van der Waals surface area contributed by atoms with E-state index in [2.05, 4.69) is 57.1 Å². The first kappa shape index (κ1) is 16.9. The van der Waals surface area contributed by atoms with Gasteiger partial charge in [-0.3, -0.25) is 0 Å². The third kappa shape index (κ3) is 3.66. The van der Waals surface area contributed by atoms with Crippen molar-refractivity contribution in [2.24, 2.45) is 0 Å². The van der Waals surface area contributed by atoms with Gasteiger partial charge in [0.1, 0.15) is 5.01 Å². The highest BCUT2D eigenvalue weighted by molar-refractivity contribution is 7.09. The molecule has 4 heteroatoms. The summed E-state index contributed by atoms with van der Waals surface area (Å²) < 4.78 is 0. The molecule has 0 aliphatic carbocycles. The van der Waals surface area contributed by atoms with Crippen LogP contribution in [0, 0.1) is 0 Å². The molecule has 0 unspecified atom stereocenters. The van der Waals surface area contributed by atoms with Crippen LogP contribution < -0.4 is 5.32 Å². The zero-order chi connectivity index (χ0) is 15.7. The molecule has 1 saturated heterocycles. The largest absolute Gasteiger partial charge is 0.306 e. The third-order valence-electron chi connectivity index (χ3n) is 4.58. The van der Waals surface area contributed by atoms with Gasteiger partial charge in [0.15, 0.2) is 0 Å². The van der Waals surface area contributed by atoms with Crippen molar-refractivity contribution in [1.82, 2.24) is 15.2 Å². The smallest absolute Gasteiger partial charge is 0.113 e. The number of aromatic nitrogens is 1. The Balaban J connectivity index is 2.21. The van der Waals surface area contributed by atoms with E-state index in [1.54, 1.807) is 0 Å². The standard InChI is InChI=1S/C17H31N3S/c1-7-18-17(8-10-20(11-9-17)13(2)3)15-19-14(12-21-15)16(4,5)6/h12-13,18H,7-11H2,1-6H3. The predicted molar refractivity (Wildman–Crippen MR) is 92.1 cm³/mol. The maximum atomic E-state index is 5.00. The van der Waals surface area contributed by atoms with Gasteiger partial charge in [-0.25, -0.2) is 4.98 Å². The number of piperidine rings is 1. The lowest BCUT2D eigenvalue weighted by Crippen LogP contribution is -2.52. The van der Waals surface area contributed by atoms with E-state index < -0.39 is 0 Å². The number of hydrogen-bond donors (Lipinski definition) is 1. The molecule has 120 valence electrons. The highest BCUT2D eigenvalue weighted by atomic mass is 32.1. The molecular weight excluding hydrogens is 278 g/mol. The number of nitrogens with one attached hydrogen (secondary N) is 1. The first-order chi connectivity index (χ1) is 9.78. The Labute approximate surface area is 134 Å². The SMILES string of the molecule is CCNC1(c2nc(C(C)(C)C)cs2)CCN(C(C)C)CC1. The molecule has 0 amide bonds. The molecule has 1 aliphatic rings. The number of rotatable bonds is 4. The molecule has 0 atom stereocenters. The average molecular weight is 310 g/mol. The van der Waals surface area contributed by atoms with Crippen molar-refractivity contribution in [3.63, 3.8) is 0 Å². The van der Waals surface area contributed by atoms with Crippen LogP contribution in [-0.2, 0) is 11.0 Å². The van der Waals surface area contributed by atoms with Crippen molar-refractivity contribution < 1.29 is 0 Å². The van der Waals surface area contributed by atoms with Gasteiger partial charge in [0.05, 0.1) is 11.2 Å². The number of nitrogens with zero attached hydrogens (tertiary/aromatic N) is 2. The zero-order valence-electron chi connectivity index (χ0n) is 14.5. The van der Waals surface area contributed by atoms with E-state index in [-0.39, 0.29) is 11.0 Å². The van der Waals surface area contributed by atoms with Gasteiger partial charge in [-0.1, -0.05) is 27.7 Å². The Kier molecular flexibility index (Phi) is 5.11. The van der Waals surface area contributed by atoms with Crippen LogP contribution in [0.15, 0.2) is 5.38 Å². The molecule has 0 bridgehead atoms. The molecule has 1 fully saturated rings. The van der Waals surface area contributed by atoms with Gasteiger partial charge in [-0.2, -0.15) is 0 Å². The van der Waals surface area contributed by atoms with Crippen molar-refractivity contribution in [1.29, 1.82) is 0 Å². The van der Waals surface area contributed by atoms with E-state index in [9.17, 15) is 0 Å². The highest BCUT2D eigenvalue weighted by Gasteiger charge is 2.39. The van der Waals surface area contributed by atoms with Crippen LogP contribution in [0.5, 0.6) is 0 Å². The molecule has 3 nitrogen and oxygen atoms in total. The summed E-state index contributed by atoms with van der Waals surface area (Å²) in [6.45, 7) is 16.8. The summed E-state index contributed by atoms with van der Waals surface area (Å²) in [4.78, 5) is 7.58. The summed E-state index contributed by atoms with van der Waals surface area (Å²) in [5, 5.41) is 7.30. The molecule has 2 rings (SSSR count). The molecular formula is C17H31N3S. The maximum absolute atomic E-state index is 5.00. The molecule has 1 aromatic rings. The summed E-state index contributed by atoms with van der Waals surface area (Å²) >= 11 is 1.84. The topological polar surface area (TPSA) is 28.2 Å². The van der Waals surface area contributed by atoms with Crippen molar-refractivity contribution in [3.05, 3.63) is 16.1 Å². The quantitative estimate of drug-likeness (QED) is 0.918. The molecule has 0 spiro atoms. The summed E-state index contributed by atoms with van der Waals surface area (Å²) in [6.07, 6.45) is 2.33. The van der Waals surface area contributed by atoms with Crippen LogP contribution in [-0.4, -0.2) is 35.6 Å². The van der Waals surface area contributed by atoms with Crippen LogP contribution in [0.3, 0.4) is 0 Å². The van der Waals surface area contributed by atoms with Gasteiger partial charge < -0.3 is 10.2 Å². The number of thiazole rings is 1. The fourth-order valence-electron chi connectivity index (χ4n) is 3.06. The summed E-state index contributed by atoms with van der Waals surface area (Å²) in [6, 6.07) is 0.644. The molecule has 1 aliphatic heterocycles. The Hall–Kier alpha value is -0.450. The minimum absolute atomic E-state index is 0.0916. The first-order valence-corrected chi connectivity index (χ1v) is 9.12. The number of likely N-dealkylation sites (tertiary alicyclic amines) is 1. The van der Waals surface area contributed by atoms with Crippen molar-refractivity contribution in [2.45, 2.75) is 71.4 Å². The average Bonchev–Trinajstić information content (AvgIpc) is 2.89. The summed E-state index contributed by atoms with van der Waals surface area (Å²) in [7, 11) is 0. The van der Waals surface area contributed by atoms with Crippen molar-refractivity contribution >= 4 is 11.3 Å². The van der Waals surface area contributed by atoms with E-state index in [1.165, 1.54) is 10.7 Å². The Morgan fingerprint density at radius 2 is 1.95 bits per heavy atom. The molecule has 0 saturated carbocycles. The molecule has 1 aromatic heterocycles. The van der Waals surface area contributed by atoms with E-state index in [4.69, 9.17) is 4.98 Å². The fourth-order valence-corrected chi connectivity index (χ4v) is 4.35. The number of hydrogen-bond acceptors (Lipinski definition) is 4. The van der Waals surface area contributed by atoms with Crippen LogP contribution >= 0.6 is 11.3 Å². The minimum atomic E-state index is 0.0916. The fraction of sp³-hybridized carbons (Fsp3) is 0.824. The van der Waals surface area contributed by atoms with Gasteiger partial charge >= 0.3 is 0 Å². The van der Waals surface area contributed by atoms with Crippen LogP contribution in [0.1, 0.15) is 65.1 Å². The van der Waals surface area contributed by atoms with Gasteiger partial charge in [-0.05, 0) is 33.2 Å². The van der Waals surface area contributed by atoms with Gasteiger partial charge in [0, 0.05) is 29.9 Å². The maximum Gasteiger partial charge on any atom is 0.113 e. The lowest BCUT2D eigenvalue weighted by atomic mass is 9.87. The summed E-state index contributed by atoms with van der Waals surface area (Å²) in [5.74, 6) is 0. The second-order valence-electron chi connectivity index (χ2n) is 7.53. The highest BCUT2D eigenvalue weighted by Crippen LogP contribution is 2.37. The van der Waals surface area contributed by atoms with Crippen LogP contribution in [0.4, 0.5) is 0 Å². The lowest BCUT2D eigenvalue weighted by molar-refractivity contribution is 0.110. The monoisotopic (exact) mass is 309 g/mol. The molecule has 2 heterocycles. The van der Waals surface area contributed by atoms with Gasteiger partial charge in [-0.15, -0.1) is 11.3 Å². The van der Waals surface area contributed by atoms with E-state index in [1.807, 2.05) is 11.3 Å². The Morgan fingerprint density at radius 1 is 1.33 bits per heavy atom. The van der Waals surface area contributed by atoms with E-state index in [0.29, 0.717) is 6.04 Å². The predicted octanol–water partition coefficient (Wildman–Crippen LogP) is 3.75. The minimum Gasteiger partial charge on any atom is -0.306 e. The third-order valence-corrected chi connectivity index (χ3v) is 5.63. The van der Waals surface area contributed by atoms with Crippen LogP contribution in [0.25, 0.3) is 0 Å².